The Hall–Kier alpha value is -2.86. The maximum atomic E-state index is 11.7. The van der Waals surface area contributed by atoms with Crippen LogP contribution in [-0.2, 0) is 9.53 Å². The van der Waals surface area contributed by atoms with Crippen LogP contribution in [0.15, 0.2) is 53.5 Å². The first-order chi connectivity index (χ1) is 13.1. The number of para-hydroxylation sites is 1. The molecular formula is C21H23N3O3. The van der Waals surface area contributed by atoms with Crippen molar-refractivity contribution in [2.24, 2.45) is 4.99 Å². The Balaban J connectivity index is 1.87. The molecule has 0 bridgehead atoms. The first kappa shape index (κ1) is 17.5. The van der Waals surface area contributed by atoms with Crippen LogP contribution in [-0.4, -0.2) is 48.2 Å². The van der Waals surface area contributed by atoms with E-state index in [0.717, 1.165) is 41.6 Å². The van der Waals surface area contributed by atoms with Gasteiger partial charge in [-0.1, -0.05) is 30.3 Å². The van der Waals surface area contributed by atoms with Crippen LogP contribution in [0.4, 0.5) is 11.4 Å². The lowest BCUT2D eigenvalue weighted by Gasteiger charge is -2.43. The second kappa shape index (κ2) is 7.40. The fraction of sp³-hybridized carbons (Fsp3) is 0.333. The van der Waals surface area contributed by atoms with Crippen LogP contribution in [0.2, 0.25) is 0 Å². The highest BCUT2D eigenvalue weighted by Crippen LogP contribution is 2.40. The number of guanidine groups is 1. The molecular weight excluding hydrogens is 342 g/mol. The van der Waals surface area contributed by atoms with E-state index in [1.165, 1.54) is 0 Å². The molecule has 0 amide bonds. The second-order valence-corrected chi connectivity index (χ2v) is 6.89. The summed E-state index contributed by atoms with van der Waals surface area (Å²) in [5, 5.41) is 9.61. The number of hydrogen-bond donors (Lipinski definition) is 1. The summed E-state index contributed by atoms with van der Waals surface area (Å²) in [5.74, 6) is -0.0236. The molecule has 1 atom stereocenters. The Bertz CT molecular complexity index is 874. The Morgan fingerprint density at radius 2 is 1.96 bits per heavy atom. The minimum Gasteiger partial charge on any atom is -0.481 e. The molecule has 0 aromatic heterocycles. The van der Waals surface area contributed by atoms with Crippen molar-refractivity contribution in [2.75, 3.05) is 31.2 Å². The number of morpholine rings is 1. The van der Waals surface area contributed by atoms with Crippen molar-refractivity contribution in [3.05, 3.63) is 59.7 Å². The van der Waals surface area contributed by atoms with Crippen LogP contribution in [0.3, 0.4) is 0 Å². The van der Waals surface area contributed by atoms with Gasteiger partial charge in [0.05, 0.1) is 31.4 Å². The van der Waals surface area contributed by atoms with E-state index in [9.17, 15) is 9.90 Å². The number of aliphatic carboxylic acids is 1. The number of nitrogens with zero attached hydrogens (tertiary/aromatic N) is 3. The number of benzene rings is 2. The molecule has 2 heterocycles. The average Bonchev–Trinajstić information content (AvgIpc) is 2.68. The molecule has 2 aliphatic heterocycles. The Morgan fingerprint density at radius 3 is 2.70 bits per heavy atom. The molecule has 1 unspecified atom stereocenters. The summed E-state index contributed by atoms with van der Waals surface area (Å²) in [6.07, 6.45) is 0.00825. The number of carboxylic acids is 1. The molecule has 1 N–H and O–H groups in total. The number of rotatable bonds is 3. The van der Waals surface area contributed by atoms with Crippen molar-refractivity contribution < 1.29 is 14.6 Å². The maximum Gasteiger partial charge on any atom is 0.305 e. The summed E-state index contributed by atoms with van der Waals surface area (Å²) < 4.78 is 5.50. The molecule has 2 aromatic carbocycles. The van der Waals surface area contributed by atoms with Crippen LogP contribution in [0, 0.1) is 6.92 Å². The summed E-state index contributed by atoms with van der Waals surface area (Å²) in [4.78, 5) is 20.9. The van der Waals surface area contributed by atoms with Gasteiger partial charge >= 0.3 is 5.97 Å². The van der Waals surface area contributed by atoms with E-state index in [4.69, 9.17) is 9.73 Å². The summed E-state index contributed by atoms with van der Waals surface area (Å²) in [6, 6.07) is 15.7. The number of carboxylic acid groups (broad SMARTS) is 1. The summed E-state index contributed by atoms with van der Waals surface area (Å²) in [7, 11) is 0. The molecule has 140 valence electrons. The number of aliphatic imine (C=N–C) groups is 1. The molecule has 0 radical (unpaired) electrons. The van der Waals surface area contributed by atoms with E-state index >= 15 is 0 Å². The monoisotopic (exact) mass is 365 g/mol. The topological polar surface area (TPSA) is 65.4 Å². The van der Waals surface area contributed by atoms with Gasteiger partial charge in [-0.2, -0.15) is 0 Å². The van der Waals surface area contributed by atoms with Crippen molar-refractivity contribution in [3.8, 4) is 0 Å². The zero-order valence-corrected chi connectivity index (χ0v) is 15.3. The van der Waals surface area contributed by atoms with Crippen molar-refractivity contribution in [2.45, 2.75) is 19.4 Å². The number of aryl methyl sites for hydroxylation is 1. The molecule has 2 aliphatic rings. The molecule has 1 saturated heterocycles. The highest BCUT2D eigenvalue weighted by molar-refractivity contribution is 6.01. The van der Waals surface area contributed by atoms with Crippen molar-refractivity contribution in [1.29, 1.82) is 0 Å². The van der Waals surface area contributed by atoms with Crippen LogP contribution in [0.25, 0.3) is 0 Å². The van der Waals surface area contributed by atoms with Gasteiger partial charge in [0.1, 0.15) is 0 Å². The Labute approximate surface area is 158 Å². The van der Waals surface area contributed by atoms with E-state index in [1.54, 1.807) is 0 Å². The van der Waals surface area contributed by atoms with E-state index in [1.807, 2.05) is 49.4 Å². The third kappa shape index (κ3) is 3.53. The average molecular weight is 365 g/mol. The number of anilines is 1. The fourth-order valence-electron chi connectivity index (χ4n) is 3.74. The van der Waals surface area contributed by atoms with Crippen LogP contribution in [0.5, 0.6) is 0 Å². The van der Waals surface area contributed by atoms with Gasteiger partial charge in [0.15, 0.2) is 0 Å². The third-order valence-electron chi connectivity index (χ3n) is 4.99. The lowest BCUT2D eigenvalue weighted by atomic mass is 9.97. The highest BCUT2D eigenvalue weighted by Gasteiger charge is 2.35. The van der Waals surface area contributed by atoms with Gasteiger partial charge in [-0.15, -0.1) is 0 Å². The molecule has 27 heavy (non-hydrogen) atoms. The first-order valence-electron chi connectivity index (χ1n) is 9.21. The SMILES string of the molecule is Cc1cccc(N2C(N3CCOCC3)=Nc3ccccc3C2CC(=O)O)c1. The molecule has 0 spiro atoms. The largest absolute Gasteiger partial charge is 0.481 e. The van der Waals surface area contributed by atoms with Gasteiger partial charge in [-0.3, -0.25) is 4.79 Å². The van der Waals surface area contributed by atoms with Gasteiger partial charge in [0.25, 0.3) is 0 Å². The van der Waals surface area contributed by atoms with Crippen LogP contribution in [0.1, 0.15) is 23.6 Å². The van der Waals surface area contributed by atoms with E-state index in [0.29, 0.717) is 13.2 Å². The van der Waals surface area contributed by atoms with Crippen molar-refractivity contribution in [3.63, 3.8) is 0 Å². The van der Waals surface area contributed by atoms with Crippen molar-refractivity contribution in [1.82, 2.24) is 4.90 Å². The van der Waals surface area contributed by atoms with Gasteiger partial charge in [0.2, 0.25) is 5.96 Å². The second-order valence-electron chi connectivity index (χ2n) is 6.89. The smallest absolute Gasteiger partial charge is 0.305 e. The minimum atomic E-state index is -0.823. The van der Waals surface area contributed by atoms with E-state index in [-0.39, 0.29) is 12.5 Å². The lowest BCUT2D eigenvalue weighted by Crippen LogP contribution is -2.52. The molecule has 2 aromatic rings. The van der Waals surface area contributed by atoms with Gasteiger partial charge in [-0.05, 0) is 30.7 Å². The van der Waals surface area contributed by atoms with Crippen LogP contribution >= 0.6 is 0 Å². The summed E-state index contributed by atoms with van der Waals surface area (Å²) in [6.45, 7) is 4.81. The normalized spacial score (nSPS) is 19.4. The summed E-state index contributed by atoms with van der Waals surface area (Å²) in [5.41, 5.74) is 3.87. The van der Waals surface area contributed by atoms with Crippen molar-refractivity contribution >= 4 is 23.3 Å². The Morgan fingerprint density at radius 1 is 1.19 bits per heavy atom. The minimum absolute atomic E-state index is 0.00825. The zero-order valence-electron chi connectivity index (χ0n) is 15.3. The molecule has 6 nitrogen and oxygen atoms in total. The lowest BCUT2D eigenvalue weighted by molar-refractivity contribution is -0.137. The predicted molar refractivity (Wildman–Crippen MR) is 105 cm³/mol. The predicted octanol–water partition coefficient (Wildman–Crippen LogP) is 3.35. The van der Waals surface area contributed by atoms with E-state index in [2.05, 4.69) is 15.9 Å². The fourth-order valence-corrected chi connectivity index (χ4v) is 3.74. The third-order valence-corrected chi connectivity index (χ3v) is 4.99. The zero-order chi connectivity index (χ0) is 18.8. The standard InChI is InChI=1S/C21H23N3O3/c1-15-5-4-6-16(13-15)24-19(14-20(25)26)17-7-2-3-8-18(17)22-21(24)23-9-11-27-12-10-23/h2-8,13,19H,9-12,14H2,1H3,(H,25,26). The number of carbonyl (C=O) groups is 1. The maximum absolute atomic E-state index is 11.7. The molecule has 1 fully saturated rings. The first-order valence-corrected chi connectivity index (χ1v) is 9.21. The molecule has 4 rings (SSSR count). The molecule has 6 heteroatoms. The molecule has 0 aliphatic carbocycles. The van der Waals surface area contributed by atoms with Crippen LogP contribution < -0.4 is 4.90 Å². The van der Waals surface area contributed by atoms with E-state index < -0.39 is 5.97 Å². The number of fused-ring (bicyclic) bond motifs is 1. The van der Waals surface area contributed by atoms with Gasteiger partial charge in [0, 0.05) is 24.3 Å². The number of ether oxygens (including phenoxy) is 1. The quantitative estimate of drug-likeness (QED) is 0.904. The molecule has 0 saturated carbocycles. The summed E-state index contributed by atoms with van der Waals surface area (Å²) >= 11 is 0. The van der Waals surface area contributed by atoms with Gasteiger partial charge < -0.3 is 19.6 Å². The highest BCUT2D eigenvalue weighted by atomic mass is 16.5. The van der Waals surface area contributed by atoms with Gasteiger partial charge in [-0.25, -0.2) is 4.99 Å². The number of hydrogen-bond acceptors (Lipinski definition) is 5. The Kier molecular flexibility index (Phi) is 4.81.